The van der Waals surface area contributed by atoms with Gasteiger partial charge in [0.1, 0.15) is 0 Å². The number of carbonyl (C=O) groups excluding carboxylic acids is 1. The Hall–Kier alpha value is -0.620. The van der Waals surface area contributed by atoms with Gasteiger partial charge in [-0.2, -0.15) is 0 Å². The number of nitrogens with one attached hydrogen (secondary N) is 1. The highest BCUT2D eigenvalue weighted by Gasteiger charge is 2.37. The van der Waals surface area contributed by atoms with Gasteiger partial charge < -0.3 is 5.32 Å². The van der Waals surface area contributed by atoms with Crippen molar-refractivity contribution in [3.05, 3.63) is 0 Å². The predicted octanol–water partition coefficient (Wildman–Crippen LogP) is -0.986. The maximum Gasteiger partial charge on any atom is 0.225 e. The minimum atomic E-state index is -3.09. The van der Waals surface area contributed by atoms with Crippen LogP contribution in [0.25, 0.3) is 0 Å². The Labute approximate surface area is 78.2 Å². The van der Waals surface area contributed by atoms with Crippen LogP contribution in [0.5, 0.6) is 0 Å². The van der Waals surface area contributed by atoms with Gasteiger partial charge in [0.05, 0.1) is 12.2 Å². The molecule has 1 heterocycles. The Bertz CT molecular complexity index is 293. The monoisotopic (exact) mass is 206 g/mol. The molecule has 0 aliphatic carbocycles. The number of sulfonamides is 1. The van der Waals surface area contributed by atoms with E-state index < -0.39 is 10.0 Å². The zero-order chi connectivity index (χ0) is 10.1. The molecule has 1 aliphatic heterocycles. The van der Waals surface area contributed by atoms with Crippen LogP contribution in [-0.2, 0) is 14.8 Å². The second kappa shape index (κ2) is 3.63. The third-order valence-corrected chi connectivity index (χ3v) is 3.28. The zero-order valence-corrected chi connectivity index (χ0v) is 8.60. The van der Waals surface area contributed by atoms with E-state index in [-0.39, 0.29) is 11.8 Å². The van der Waals surface area contributed by atoms with Gasteiger partial charge >= 0.3 is 0 Å². The summed E-state index contributed by atoms with van der Waals surface area (Å²) >= 11 is 0. The molecule has 0 aromatic heterocycles. The standard InChI is InChI=1S/C7H14N2O3S/c1-3-8-7(10)6-4-9(5-6)13(2,11)12/h6H,3-5H2,1-2H3,(H,8,10). The summed E-state index contributed by atoms with van der Waals surface area (Å²) in [7, 11) is -3.09. The van der Waals surface area contributed by atoms with Gasteiger partial charge in [0.15, 0.2) is 0 Å². The Morgan fingerprint density at radius 3 is 2.46 bits per heavy atom. The molecule has 0 bridgehead atoms. The average molecular weight is 206 g/mol. The predicted molar refractivity (Wildman–Crippen MR) is 48.6 cm³/mol. The normalized spacial score (nSPS) is 19.5. The molecular formula is C7H14N2O3S. The highest BCUT2D eigenvalue weighted by atomic mass is 32.2. The molecule has 0 atom stereocenters. The van der Waals surface area contributed by atoms with Crippen LogP contribution in [0, 0.1) is 5.92 Å². The van der Waals surface area contributed by atoms with Crippen molar-refractivity contribution >= 4 is 15.9 Å². The van der Waals surface area contributed by atoms with Crippen molar-refractivity contribution in [2.24, 2.45) is 5.92 Å². The van der Waals surface area contributed by atoms with Crippen LogP contribution in [-0.4, -0.2) is 44.5 Å². The van der Waals surface area contributed by atoms with E-state index in [4.69, 9.17) is 0 Å². The lowest BCUT2D eigenvalue weighted by Gasteiger charge is -2.35. The molecule has 0 spiro atoms. The molecule has 1 rings (SSSR count). The molecule has 0 aromatic rings. The molecule has 13 heavy (non-hydrogen) atoms. The van der Waals surface area contributed by atoms with E-state index in [1.54, 1.807) is 0 Å². The number of carbonyl (C=O) groups is 1. The van der Waals surface area contributed by atoms with Gasteiger partial charge in [-0.3, -0.25) is 4.79 Å². The molecule has 1 saturated heterocycles. The van der Waals surface area contributed by atoms with Crippen LogP contribution < -0.4 is 5.32 Å². The first-order valence-corrected chi connectivity index (χ1v) is 6.02. The van der Waals surface area contributed by atoms with E-state index >= 15 is 0 Å². The SMILES string of the molecule is CCNC(=O)C1CN(S(C)(=O)=O)C1. The average Bonchev–Trinajstić information content (AvgIpc) is 1.79. The molecule has 1 N–H and O–H groups in total. The smallest absolute Gasteiger partial charge is 0.225 e. The number of rotatable bonds is 3. The van der Waals surface area contributed by atoms with Crippen molar-refractivity contribution in [3.8, 4) is 0 Å². The van der Waals surface area contributed by atoms with Crippen molar-refractivity contribution in [3.63, 3.8) is 0 Å². The second-order valence-electron chi connectivity index (χ2n) is 3.17. The first kappa shape index (κ1) is 10.5. The summed E-state index contributed by atoms with van der Waals surface area (Å²) < 4.78 is 23.2. The second-order valence-corrected chi connectivity index (χ2v) is 5.15. The maximum absolute atomic E-state index is 11.2. The number of hydrogen-bond acceptors (Lipinski definition) is 3. The molecule has 0 saturated carbocycles. The first-order chi connectivity index (χ1) is 5.95. The molecule has 1 amide bonds. The van der Waals surface area contributed by atoms with Crippen LogP contribution >= 0.6 is 0 Å². The fourth-order valence-corrected chi connectivity index (χ4v) is 2.09. The molecule has 1 aliphatic rings. The summed E-state index contributed by atoms with van der Waals surface area (Å²) in [6.45, 7) is 3.08. The molecule has 76 valence electrons. The maximum atomic E-state index is 11.2. The lowest BCUT2D eigenvalue weighted by Crippen LogP contribution is -2.55. The summed E-state index contributed by atoms with van der Waals surface area (Å²) in [5, 5.41) is 2.66. The highest BCUT2D eigenvalue weighted by molar-refractivity contribution is 7.88. The van der Waals surface area contributed by atoms with Gasteiger partial charge in [0.25, 0.3) is 0 Å². The summed E-state index contributed by atoms with van der Waals surface area (Å²) in [5.41, 5.74) is 0. The van der Waals surface area contributed by atoms with Gasteiger partial charge in [0, 0.05) is 19.6 Å². The topological polar surface area (TPSA) is 66.5 Å². The molecule has 6 heteroatoms. The Balaban J connectivity index is 2.38. The summed E-state index contributed by atoms with van der Waals surface area (Å²) in [6.07, 6.45) is 1.15. The summed E-state index contributed by atoms with van der Waals surface area (Å²) in [5.74, 6) is -0.211. The number of nitrogens with zero attached hydrogens (tertiary/aromatic N) is 1. The third-order valence-electron chi connectivity index (χ3n) is 2.04. The van der Waals surface area contributed by atoms with E-state index in [0.717, 1.165) is 6.26 Å². The number of hydrogen-bond donors (Lipinski definition) is 1. The lowest BCUT2D eigenvalue weighted by atomic mass is 10.0. The van der Waals surface area contributed by atoms with E-state index in [0.29, 0.717) is 19.6 Å². The largest absolute Gasteiger partial charge is 0.356 e. The van der Waals surface area contributed by atoms with Gasteiger partial charge in [-0.05, 0) is 6.92 Å². The van der Waals surface area contributed by atoms with Crippen molar-refractivity contribution in [1.82, 2.24) is 9.62 Å². The fourth-order valence-electron chi connectivity index (χ4n) is 1.19. The van der Waals surface area contributed by atoms with Crippen LogP contribution in [0.15, 0.2) is 0 Å². The molecular weight excluding hydrogens is 192 g/mol. The first-order valence-electron chi connectivity index (χ1n) is 4.18. The summed E-state index contributed by atoms with van der Waals surface area (Å²) in [4.78, 5) is 11.2. The van der Waals surface area contributed by atoms with E-state index in [1.165, 1.54) is 4.31 Å². The Kier molecular flexibility index (Phi) is 2.92. The highest BCUT2D eigenvalue weighted by Crippen LogP contribution is 2.18. The van der Waals surface area contributed by atoms with Gasteiger partial charge in [0.2, 0.25) is 15.9 Å². The van der Waals surface area contributed by atoms with E-state index in [2.05, 4.69) is 5.32 Å². The van der Waals surface area contributed by atoms with Crippen molar-refractivity contribution in [2.75, 3.05) is 25.9 Å². The van der Waals surface area contributed by atoms with Crippen LogP contribution in [0.4, 0.5) is 0 Å². The van der Waals surface area contributed by atoms with Crippen LogP contribution in [0.3, 0.4) is 0 Å². The van der Waals surface area contributed by atoms with E-state index in [1.807, 2.05) is 6.92 Å². The molecule has 0 radical (unpaired) electrons. The molecule has 1 fully saturated rings. The lowest BCUT2D eigenvalue weighted by molar-refractivity contribution is -0.128. The number of amides is 1. The quantitative estimate of drug-likeness (QED) is 0.645. The summed E-state index contributed by atoms with van der Waals surface area (Å²) in [6, 6.07) is 0. The van der Waals surface area contributed by atoms with Crippen molar-refractivity contribution in [1.29, 1.82) is 0 Å². The Morgan fingerprint density at radius 2 is 2.08 bits per heavy atom. The van der Waals surface area contributed by atoms with Crippen molar-refractivity contribution < 1.29 is 13.2 Å². The molecule has 0 aromatic carbocycles. The van der Waals surface area contributed by atoms with Crippen LogP contribution in [0.2, 0.25) is 0 Å². The molecule has 0 unspecified atom stereocenters. The fraction of sp³-hybridized carbons (Fsp3) is 0.857. The van der Waals surface area contributed by atoms with Gasteiger partial charge in [-0.1, -0.05) is 0 Å². The van der Waals surface area contributed by atoms with Crippen molar-refractivity contribution in [2.45, 2.75) is 6.92 Å². The van der Waals surface area contributed by atoms with E-state index in [9.17, 15) is 13.2 Å². The minimum Gasteiger partial charge on any atom is -0.356 e. The molecule has 5 nitrogen and oxygen atoms in total. The minimum absolute atomic E-state index is 0.0533. The zero-order valence-electron chi connectivity index (χ0n) is 7.78. The Morgan fingerprint density at radius 1 is 1.54 bits per heavy atom. The van der Waals surface area contributed by atoms with Gasteiger partial charge in [-0.25, -0.2) is 12.7 Å². The van der Waals surface area contributed by atoms with Gasteiger partial charge in [-0.15, -0.1) is 0 Å². The third kappa shape index (κ3) is 2.41. The van der Waals surface area contributed by atoms with Crippen LogP contribution in [0.1, 0.15) is 6.92 Å².